The molecular formula is C21H27N3O3S. The lowest BCUT2D eigenvalue weighted by Gasteiger charge is -2.24. The normalized spacial score (nSPS) is 14.2. The maximum absolute atomic E-state index is 12.5. The van der Waals surface area contributed by atoms with Crippen molar-refractivity contribution < 1.29 is 13.2 Å². The lowest BCUT2D eigenvalue weighted by molar-refractivity contribution is -0.130. The van der Waals surface area contributed by atoms with E-state index in [2.05, 4.69) is 21.8 Å². The van der Waals surface area contributed by atoms with Gasteiger partial charge in [-0.05, 0) is 36.6 Å². The Morgan fingerprint density at radius 1 is 1.04 bits per heavy atom. The Kier molecular flexibility index (Phi) is 6.70. The molecule has 1 aliphatic heterocycles. The van der Waals surface area contributed by atoms with E-state index in [1.54, 1.807) is 30.1 Å². The Hall–Kier alpha value is -2.38. The summed E-state index contributed by atoms with van der Waals surface area (Å²) in [6, 6.07) is 16.3. The van der Waals surface area contributed by atoms with Gasteiger partial charge in [-0.2, -0.15) is 0 Å². The van der Waals surface area contributed by atoms with Crippen LogP contribution in [0.25, 0.3) is 0 Å². The Morgan fingerprint density at radius 2 is 1.68 bits per heavy atom. The second kappa shape index (κ2) is 9.21. The summed E-state index contributed by atoms with van der Waals surface area (Å²) in [4.78, 5) is 16.7. The zero-order valence-electron chi connectivity index (χ0n) is 16.2. The number of para-hydroxylation sites is 1. The van der Waals surface area contributed by atoms with Crippen molar-refractivity contribution in [2.45, 2.75) is 30.7 Å². The summed E-state index contributed by atoms with van der Waals surface area (Å²) < 4.78 is 26.9. The molecule has 3 rings (SSSR count). The summed E-state index contributed by atoms with van der Waals surface area (Å²) in [5, 5.41) is 0. The first-order valence-corrected chi connectivity index (χ1v) is 11.1. The van der Waals surface area contributed by atoms with Crippen molar-refractivity contribution in [2.75, 3.05) is 31.6 Å². The SMILES string of the molecule is CN(Cc1ccccc1N1CCCC1)C(=O)CCNS(=O)(=O)c1ccccc1. The second-order valence-electron chi connectivity index (χ2n) is 7.03. The zero-order valence-corrected chi connectivity index (χ0v) is 17.0. The third-order valence-electron chi connectivity index (χ3n) is 4.96. The van der Waals surface area contributed by atoms with Crippen LogP contribution in [0.5, 0.6) is 0 Å². The molecule has 28 heavy (non-hydrogen) atoms. The Bertz CT molecular complexity index is 894. The number of carbonyl (C=O) groups excluding carboxylic acids is 1. The summed E-state index contributed by atoms with van der Waals surface area (Å²) in [5.41, 5.74) is 2.30. The first-order chi connectivity index (χ1) is 13.5. The van der Waals surface area contributed by atoms with Crippen LogP contribution in [-0.2, 0) is 21.4 Å². The molecule has 1 fully saturated rings. The van der Waals surface area contributed by atoms with Crippen molar-refractivity contribution in [3.8, 4) is 0 Å². The second-order valence-corrected chi connectivity index (χ2v) is 8.80. The molecule has 1 amide bonds. The molecule has 1 N–H and O–H groups in total. The molecule has 0 unspecified atom stereocenters. The molecule has 2 aromatic rings. The number of anilines is 1. The van der Waals surface area contributed by atoms with E-state index in [1.807, 2.05) is 12.1 Å². The standard InChI is InChI=1S/C21H27N3O3S/c1-23(17-18-9-5-6-12-20(18)24-15-7-8-16-24)21(25)13-14-22-28(26,27)19-10-3-2-4-11-19/h2-6,9-12,22H,7-8,13-17H2,1H3. The van der Waals surface area contributed by atoms with Crippen molar-refractivity contribution in [1.82, 2.24) is 9.62 Å². The Labute approximate surface area is 167 Å². The molecule has 0 aliphatic carbocycles. The van der Waals surface area contributed by atoms with Gasteiger partial charge in [0.25, 0.3) is 0 Å². The molecule has 7 heteroatoms. The number of hydrogen-bond acceptors (Lipinski definition) is 4. The van der Waals surface area contributed by atoms with E-state index >= 15 is 0 Å². The molecule has 150 valence electrons. The highest BCUT2D eigenvalue weighted by molar-refractivity contribution is 7.89. The van der Waals surface area contributed by atoms with E-state index in [4.69, 9.17) is 0 Å². The molecular weight excluding hydrogens is 374 g/mol. The number of carbonyl (C=O) groups is 1. The van der Waals surface area contributed by atoms with E-state index in [-0.39, 0.29) is 23.8 Å². The molecule has 0 saturated carbocycles. The number of hydrogen-bond donors (Lipinski definition) is 1. The molecule has 0 atom stereocenters. The smallest absolute Gasteiger partial charge is 0.240 e. The average Bonchev–Trinajstić information content (AvgIpc) is 3.23. The van der Waals surface area contributed by atoms with Crippen molar-refractivity contribution >= 4 is 21.6 Å². The molecule has 2 aromatic carbocycles. The highest BCUT2D eigenvalue weighted by Crippen LogP contribution is 2.25. The van der Waals surface area contributed by atoms with E-state index in [1.165, 1.54) is 30.7 Å². The van der Waals surface area contributed by atoms with Gasteiger partial charge in [0.05, 0.1) is 4.90 Å². The first kappa shape index (κ1) is 20.4. The van der Waals surface area contributed by atoms with Crippen molar-refractivity contribution in [3.05, 3.63) is 60.2 Å². The van der Waals surface area contributed by atoms with Crippen LogP contribution in [0.15, 0.2) is 59.5 Å². The van der Waals surface area contributed by atoms with Crippen LogP contribution in [0.1, 0.15) is 24.8 Å². The molecule has 1 aliphatic rings. The predicted molar refractivity (Wildman–Crippen MR) is 111 cm³/mol. The molecule has 0 aromatic heterocycles. The van der Waals surface area contributed by atoms with E-state index in [9.17, 15) is 13.2 Å². The quantitative estimate of drug-likeness (QED) is 0.738. The lowest BCUT2D eigenvalue weighted by Crippen LogP contribution is -2.32. The minimum absolute atomic E-state index is 0.0776. The molecule has 0 spiro atoms. The van der Waals surface area contributed by atoms with Crippen LogP contribution in [0, 0.1) is 0 Å². The van der Waals surface area contributed by atoms with Crippen molar-refractivity contribution in [1.29, 1.82) is 0 Å². The fourth-order valence-corrected chi connectivity index (χ4v) is 4.47. The molecule has 0 bridgehead atoms. The minimum atomic E-state index is -3.59. The summed E-state index contributed by atoms with van der Waals surface area (Å²) in [5.74, 6) is -0.0908. The van der Waals surface area contributed by atoms with Crippen LogP contribution in [0.4, 0.5) is 5.69 Å². The molecule has 0 radical (unpaired) electrons. The van der Waals surface area contributed by atoms with Crippen molar-refractivity contribution in [2.24, 2.45) is 0 Å². The zero-order chi connectivity index (χ0) is 20.0. The van der Waals surface area contributed by atoms with Crippen molar-refractivity contribution in [3.63, 3.8) is 0 Å². The van der Waals surface area contributed by atoms with Crippen LogP contribution >= 0.6 is 0 Å². The molecule has 1 heterocycles. The van der Waals surface area contributed by atoms with E-state index in [0.29, 0.717) is 6.54 Å². The topological polar surface area (TPSA) is 69.7 Å². The highest BCUT2D eigenvalue weighted by Gasteiger charge is 2.18. The third kappa shape index (κ3) is 5.11. The maximum Gasteiger partial charge on any atom is 0.240 e. The van der Waals surface area contributed by atoms with Gasteiger partial charge in [-0.1, -0.05) is 36.4 Å². The largest absolute Gasteiger partial charge is 0.371 e. The first-order valence-electron chi connectivity index (χ1n) is 9.59. The van der Waals surface area contributed by atoms with Gasteiger partial charge in [-0.15, -0.1) is 0 Å². The highest BCUT2D eigenvalue weighted by atomic mass is 32.2. The number of benzene rings is 2. The van der Waals surface area contributed by atoms with E-state index in [0.717, 1.165) is 18.7 Å². The van der Waals surface area contributed by atoms with Crippen LogP contribution < -0.4 is 9.62 Å². The summed E-state index contributed by atoms with van der Waals surface area (Å²) in [7, 11) is -1.83. The Balaban J connectivity index is 1.54. The third-order valence-corrected chi connectivity index (χ3v) is 6.43. The number of nitrogens with one attached hydrogen (secondary N) is 1. The number of amides is 1. The van der Waals surface area contributed by atoms with Gasteiger partial charge in [-0.3, -0.25) is 4.79 Å². The number of sulfonamides is 1. The van der Waals surface area contributed by atoms with Gasteiger partial charge in [0.1, 0.15) is 0 Å². The summed E-state index contributed by atoms with van der Waals surface area (Å²) >= 11 is 0. The van der Waals surface area contributed by atoms with Gasteiger partial charge >= 0.3 is 0 Å². The monoisotopic (exact) mass is 401 g/mol. The van der Waals surface area contributed by atoms with Gasteiger partial charge in [-0.25, -0.2) is 13.1 Å². The summed E-state index contributed by atoms with van der Waals surface area (Å²) in [6.45, 7) is 2.69. The van der Waals surface area contributed by atoms with Gasteiger partial charge in [0.15, 0.2) is 0 Å². The fraction of sp³-hybridized carbons (Fsp3) is 0.381. The number of rotatable bonds is 8. The Morgan fingerprint density at radius 3 is 2.39 bits per heavy atom. The fourth-order valence-electron chi connectivity index (χ4n) is 3.42. The van der Waals surface area contributed by atoms with Crippen LogP contribution in [0.2, 0.25) is 0 Å². The molecule has 1 saturated heterocycles. The predicted octanol–water partition coefficient (Wildman–Crippen LogP) is 2.61. The number of nitrogens with zero attached hydrogens (tertiary/aromatic N) is 2. The average molecular weight is 402 g/mol. The maximum atomic E-state index is 12.5. The summed E-state index contributed by atoms with van der Waals surface area (Å²) in [6.07, 6.45) is 2.52. The van der Waals surface area contributed by atoms with Crippen LogP contribution in [-0.4, -0.2) is 45.9 Å². The lowest BCUT2D eigenvalue weighted by atomic mass is 10.1. The van der Waals surface area contributed by atoms with Crippen LogP contribution in [0.3, 0.4) is 0 Å². The molecule has 6 nitrogen and oxygen atoms in total. The van der Waals surface area contributed by atoms with Gasteiger partial charge < -0.3 is 9.80 Å². The van der Waals surface area contributed by atoms with Gasteiger partial charge in [0.2, 0.25) is 15.9 Å². The van der Waals surface area contributed by atoms with Gasteiger partial charge in [0, 0.05) is 45.3 Å². The van der Waals surface area contributed by atoms with E-state index < -0.39 is 10.0 Å². The minimum Gasteiger partial charge on any atom is -0.371 e.